The predicted octanol–water partition coefficient (Wildman–Crippen LogP) is 4.02. The molecule has 2 rings (SSSR count). The van der Waals surface area contributed by atoms with E-state index in [1.54, 1.807) is 0 Å². The molecule has 0 bridgehead atoms. The van der Waals surface area contributed by atoms with Crippen LogP contribution < -0.4 is 10.6 Å². The fourth-order valence-electron chi connectivity index (χ4n) is 1.97. The highest BCUT2D eigenvalue weighted by molar-refractivity contribution is 7.76. The van der Waals surface area contributed by atoms with Gasteiger partial charge in [-0.3, -0.25) is 0 Å². The zero-order chi connectivity index (χ0) is 13.5. The van der Waals surface area contributed by atoms with E-state index in [1.165, 1.54) is 15.9 Å². The van der Waals surface area contributed by atoms with Crippen LogP contribution in [0.25, 0.3) is 0 Å². The van der Waals surface area contributed by atoms with Crippen LogP contribution in [0.1, 0.15) is 13.8 Å². The van der Waals surface area contributed by atoms with Crippen molar-refractivity contribution in [2.45, 2.75) is 13.8 Å². The molecule has 0 amide bonds. The van der Waals surface area contributed by atoms with Crippen LogP contribution in [0.3, 0.4) is 0 Å². The molecule has 0 spiro atoms. The Hall–Kier alpha value is -1.59. The van der Waals surface area contributed by atoms with Gasteiger partial charge in [0.05, 0.1) is 12.9 Å². The first-order chi connectivity index (χ1) is 9.33. The van der Waals surface area contributed by atoms with Gasteiger partial charge in [0.25, 0.3) is 0 Å². The summed E-state index contributed by atoms with van der Waals surface area (Å²) in [5.74, 6) is 0. The van der Waals surface area contributed by atoms with Crippen molar-refractivity contribution in [1.82, 2.24) is 0 Å². The molecule has 0 aliphatic carbocycles. The third-order valence-corrected chi connectivity index (χ3v) is 5.24. The molecular formula is C17H19OP. The summed E-state index contributed by atoms with van der Waals surface area (Å²) < 4.78 is 5.47. The van der Waals surface area contributed by atoms with E-state index >= 15 is 0 Å². The highest BCUT2D eigenvalue weighted by Gasteiger charge is 2.15. The van der Waals surface area contributed by atoms with Crippen LogP contribution in [-0.4, -0.2) is 6.61 Å². The molecule has 0 radical (unpaired) electrons. The summed E-state index contributed by atoms with van der Waals surface area (Å²) in [6, 6.07) is 21.3. The smallest absolute Gasteiger partial charge is 0.0868 e. The van der Waals surface area contributed by atoms with E-state index in [2.05, 4.69) is 67.6 Å². The van der Waals surface area contributed by atoms with Gasteiger partial charge in [0.15, 0.2) is 0 Å². The standard InChI is InChI=1S/C17H19OP/c1-3-18-14-15(2)19(16-10-6-4-7-11-16)17-12-8-5-9-13-17/h4-14H,3H2,1-2H3/b15-14-. The summed E-state index contributed by atoms with van der Waals surface area (Å²) in [6.45, 7) is 4.88. The van der Waals surface area contributed by atoms with E-state index in [0.29, 0.717) is 6.61 Å². The number of benzene rings is 2. The van der Waals surface area contributed by atoms with Crippen LogP contribution >= 0.6 is 7.92 Å². The normalized spacial score (nSPS) is 11.6. The highest BCUT2D eigenvalue weighted by Crippen LogP contribution is 2.42. The molecule has 2 aromatic carbocycles. The van der Waals surface area contributed by atoms with E-state index < -0.39 is 7.92 Å². The Bertz CT molecular complexity index is 480. The molecule has 98 valence electrons. The second-order valence-corrected chi connectivity index (χ2v) is 6.63. The van der Waals surface area contributed by atoms with Crippen LogP contribution in [0.4, 0.5) is 0 Å². The maximum atomic E-state index is 5.47. The molecule has 0 atom stereocenters. The van der Waals surface area contributed by atoms with Crippen molar-refractivity contribution >= 4 is 18.5 Å². The minimum absolute atomic E-state index is 0.488. The van der Waals surface area contributed by atoms with E-state index in [9.17, 15) is 0 Å². The van der Waals surface area contributed by atoms with Crippen molar-refractivity contribution in [2.75, 3.05) is 6.61 Å². The van der Waals surface area contributed by atoms with Crippen LogP contribution in [0.5, 0.6) is 0 Å². The molecule has 0 aliphatic rings. The average molecular weight is 270 g/mol. The fraction of sp³-hybridized carbons (Fsp3) is 0.176. The summed E-state index contributed by atoms with van der Waals surface area (Å²) in [7, 11) is -0.488. The van der Waals surface area contributed by atoms with Gasteiger partial charge in [0.1, 0.15) is 0 Å². The lowest BCUT2D eigenvalue weighted by Gasteiger charge is -2.19. The number of rotatable bonds is 5. The summed E-state index contributed by atoms with van der Waals surface area (Å²) in [6.07, 6.45) is 1.91. The average Bonchev–Trinajstić information content (AvgIpc) is 2.47. The van der Waals surface area contributed by atoms with Crippen molar-refractivity contribution < 1.29 is 4.74 Å². The quantitative estimate of drug-likeness (QED) is 0.589. The minimum atomic E-state index is -0.488. The summed E-state index contributed by atoms with van der Waals surface area (Å²) in [5.41, 5.74) is 0. The molecule has 0 heterocycles. The zero-order valence-electron chi connectivity index (χ0n) is 11.4. The molecule has 0 N–H and O–H groups in total. The molecule has 2 aromatic rings. The maximum absolute atomic E-state index is 5.47. The van der Waals surface area contributed by atoms with Gasteiger partial charge in [0, 0.05) is 0 Å². The number of hydrogen-bond donors (Lipinski definition) is 0. The number of hydrogen-bond acceptors (Lipinski definition) is 1. The second-order valence-electron chi connectivity index (χ2n) is 4.22. The van der Waals surface area contributed by atoms with Gasteiger partial charge in [0.2, 0.25) is 0 Å². The van der Waals surface area contributed by atoms with Crippen LogP contribution in [0.15, 0.2) is 72.2 Å². The Morgan fingerprint density at radius 1 is 0.947 bits per heavy atom. The van der Waals surface area contributed by atoms with Crippen molar-refractivity contribution in [3.8, 4) is 0 Å². The summed E-state index contributed by atoms with van der Waals surface area (Å²) in [4.78, 5) is 0. The Morgan fingerprint density at radius 2 is 1.42 bits per heavy atom. The molecule has 1 nitrogen and oxygen atoms in total. The van der Waals surface area contributed by atoms with Crippen LogP contribution in [0, 0.1) is 0 Å². The van der Waals surface area contributed by atoms with Crippen molar-refractivity contribution in [2.24, 2.45) is 0 Å². The molecule has 2 heteroatoms. The summed E-state index contributed by atoms with van der Waals surface area (Å²) >= 11 is 0. The zero-order valence-corrected chi connectivity index (χ0v) is 12.3. The van der Waals surface area contributed by atoms with E-state index in [0.717, 1.165) is 0 Å². The molecule has 19 heavy (non-hydrogen) atoms. The monoisotopic (exact) mass is 270 g/mol. The first kappa shape index (κ1) is 13.8. The topological polar surface area (TPSA) is 9.23 Å². The lowest BCUT2D eigenvalue weighted by Crippen LogP contribution is -2.12. The van der Waals surface area contributed by atoms with E-state index in [-0.39, 0.29) is 0 Å². The van der Waals surface area contributed by atoms with Crippen molar-refractivity contribution in [3.63, 3.8) is 0 Å². The van der Waals surface area contributed by atoms with E-state index in [4.69, 9.17) is 4.74 Å². The van der Waals surface area contributed by atoms with Gasteiger partial charge in [-0.1, -0.05) is 60.7 Å². The van der Waals surface area contributed by atoms with Crippen LogP contribution in [-0.2, 0) is 4.74 Å². The van der Waals surface area contributed by atoms with Crippen molar-refractivity contribution in [1.29, 1.82) is 0 Å². The number of ether oxygens (including phenoxy) is 1. The Balaban J connectivity index is 2.40. The van der Waals surface area contributed by atoms with Crippen molar-refractivity contribution in [3.05, 3.63) is 72.2 Å². The Labute approximate surface area is 116 Å². The summed E-state index contributed by atoms with van der Waals surface area (Å²) in [5, 5.41) is 4.00. The largest absolute Gasteiger partial charge is 0.501 e. The van der Waals surface area contributed by atoms with Gasteiger partial charge >= 0.3 is 0 Å². The molecule has 0 saturated heterocycles. The van der Waals surface area contributed by atoms with Gasteiger partial charge in [-0.05, 0) is 37.7 Å². The molecule has 0 aromatic heterocycles. The Kier molecular flexibility index (Phi) is 5.18. The third-order valence-electron chi connectivity index (χ3n) is 2.80. The maximum Gasteiger partial charge on any atom is 0.0868 e. The first-order valence-corrected chi connectivity index (χ1v) is 7.85. The minimum Gasteiger partial charge on any atom is -0.501 e. The molecule has 0 aliphatic heterocycles. The van der Waals surface area contributed by atoms with Gasteiger partial charge in [-0.25, -0.2) is 0 Å². The fourth-order valence-corrected chi connectivity index (χ4v) is 4.20. The Morgan fingerprint density at radius 3 is 1.84 bits per heavy atom. The lowest BCUT2D eigenvalue weighted by atomic mass is 10.4. The predicted molar refractivity (Wildman–Crippen MR) is 84.5 cm³/mol. The molecule has 0 saturated carbocycles. The lowest BCUT2D eigenvalue weighted by molar-refractivity contribution is 0.268. The highest BCUT2D eigenvalue weighted by atomic mass is 31.1. The van der Waals surface area contributed by atoms with Crippen LogP contribution in [0.2, 0.25) is 0 Å². The SMILES string of the molecule is CCO/C=C(/C)P(c1ccccc1)c1ccccc1. The first-order valence-electron chi connectivity index (χ1n) is 6.51. The molecular weight excluding hydrogens is 251 g/mol. The molecule has 0 unspecified atom stereocenters. The third kappa shape index (κ3) is 3.68. The molecule has 0 fully saturated rings. The second kappa shape index (κ2) is 7.11. The van der Waals surface area contributed by atoms with Gasteiger partial charge in [-0.15, -0.1) is 0 Å². The van der Waals surface area contributed by atoms with Gasteiger partial charge in [-0.2, -0.15) is 0 Å². The number of allylic oxidation sites excluding steroid dienone is 1. The van der Waals surface area contributed by atoms with E-state index in [1.807, 2.05) is 13.2 Å². The van der Waals surface area contributed by atoms with Gasteiger partial charge < -0.3 is 4.74 Å².